The molecule has 0 saturated carbocycles. The largest absolute Gasteiger partial charge is 0.481 e. The van der Waals surface area contributed by atoms with Crippen LogP contribution in [0.2, 0.25) is 0 Å². The average molecular weight is 284 g/mol. The van der Waals surface area contributed by atoms with E-state index in [1.54, 1.807) is 4.90 Å². The van der Waals surface area contributed by atoms with E-state index in [1.807, 2.05) is 6.92 Å². The highest BCUT2D eigenvalue weighted by Gasteiger charge is 2.30. The van der Waals surface area contributed by atoms with E-state index in [1.165, 1.54) is 0 Å². The second-order valence-electron chi connectivity index (χ2n) is 5.92. The van der Waals surface area contributed by atoms with Crippen LogP contribution in [0.4, 0.5) is 0 Å². The molecule has 20 heavy (non-hydrogen) atoms. The summed E-state index contributed by atoms with van der Waals surface area (Å²) in [4.78, 5) is 27.1. The van der Waals surface area contributed by atoms with E-state index < -0.39 is 5.97 Å². The van der Waals surface area contributed by atoms with Crippen LogP contribution < -0.4 is 0 Å². The Hall–Kier alpha value is -1.14. The van der Waals surface area contributed by atoms with Crippen LogP contribution in [0.3, 0.4) is 0 Å². The Labute approximate surface area is 119 Å². The molecule has 2 aliphatic heterocycles. The average Bonchev–Trinajstić information content (AvgIpc) is 2.43. The maximum Gasteiger partial charge on any atom is 0.306 e. The Bertz CT molecular complexity index is 366. The summed E-state index contributed by atoms with van der Waals surface area (Å²) in [5.41, 5.74) is 0. The molecule has 2 fully saturated rings. The van der Waals surface area contributed by atoms with Crippen LogP contribution in [0.15, 0.2) is 0 Å². The standard InChI is InChI=1S/C14H24N2O4/c1-10-9-20-11(2)7-16(10)8-13(17)15-5-3-12(4-6-15)14(18)19/h10-12H,3-9H2,1-2H3,(H,18,19). The highest BCUT2D eigenvalue weighted by Crippen LogP contribution is 2.18. The lowest BCUT2D eigenvalue weighted by atomic mass is 9.97. The van der Waals surface area contributed by atoms with Gasteiger partial charge < -0.3 is 14.7 Å². The fraction of sp³-hybridized carbons (Fsp3) is 0.857. The van der Waals surface area contributed by atoms with Crippen LogP contribution >= 0.6 is 0 Å². The molecular formula is C14H24N2O4. The van der Waals surface area contributed by atoms with E-state index in [0.717, 1.165) is 6.54 Å². The number of carbonyl (C=O) groups excluding carboxylic acids is 1. The van der Waals surface area contributed by atoms with Gasteiger partial charge in [0.25, 0.3) is 0 Å². The SMILES string of the molecule is CC1CN(CC(=O)N2CCC(C(=O)O)CC2)C(C)CO1. The van der Waals surface area contributed by atoms with Gasteiger partial charge in [-0.25, -0.2) is 0 Å². The smallest absolute Gasteiger partial charge is 0.306 e. The fourth-order valence-corrected chi connectivity index (χ4v) is 2.84. The van der Waals surface area contributed by atoms with E-state index in [2.05, 4.69) is 11.8 Å². The van der Waals surface area contributed by atoms with Gasteiger partial charge in [0.05, 0.1) is 25.2 Å². The number of amides is 1. The molecular weight excluding hydrogens is 260 g/mol. The quantitative estimate of drug-likeness (QED) is 0.813. The summed E-state index contributed by atoms with van der Waals surface area (Å²) in [6.07, 6.45) is 1.29. The number of morpholine rings is 1. The number of carboxylic acids is 1. The number of ether oxygens (including phenoxy) is 1. The topological polar surface area (TPSA) is 70.1 Å². The Morgan fingerprint density at radius 1 is 1.25 bits per heavy atom. The van der Waals surface area contributed by atoms with Gasteiger partial charge in [-0.3, -0.25) is 14.5 Å². The third-order valence-corrected chi connectivity index (χ3v) is 4.27. The maximum atomic E-state index is 12.3. The van der Waals surface area contributed by atoms with Gasteiger partial charge in [0.1, 0.15) is 0 Å². The molecule has 1 N–H and O–H groups in total. The molecule has 0 aromatic heterocycles. The molecule has 0 aliphatic carbocycles. The van der Waals surface area contributed by atoms with Crippen molar-refractivity contribution in [1.29, 1.82) is 0 Å². The number of aliphatic carboxylic acids is 1. The summed E-state index contributed by atoms with van der Waals surface area (Å²) in [6, 6.07) is 0.256. The van der Waals surface area contributed by atoms with E-state index >= 15 is 0 Å². The third kappa shape index (κ3) is 3.70. The van der Waals surface area contributed by atoms with Gasteiger partial charge >= 0.3 is 5.97 Å². The van der Waals surface area contributed by atoms with Crippen LogP contribution in [0.5, 0.6) is 0 Å². The zero-order valence-corrected chi connectivity index (χ0v) is 12.2. The van der Waals surface area contributed by atoms with Crippen LogP contribution in [0.1, 0.15) is 26.7 Å². The van der Waals surface area contributed by atoms with Crippen molar-refractivity contribution in [3.05, 3.63) is 0 Å². The van der Waals surface area contributed by atoms with Crippen molar-refractivity contribution in [2.75, 3.05) is 32.8 Å². The minimum atomic E-state index is -0.743. The minimum absolute atomic E-state index is 0.106. The minimum Gasteiger partial charge on any atom is -0.481 e. The summed E-state index contributed by atoms with van der Waals surface area (Å²) < 4.78 is 5.56. The molecule has 1 amide bonds. The first-order valence-electron chi connectivity index (χ1n) is 7.33. The first-order valence-corrected chi connectivity index (χ1v) is 7.33. The van der Waals surface area contributed by atoms with Gasteiger partial charge in [-0.15, -0.1) is 0 Å². The highest BCUT2D eigenvalue weighted by molar-refractivity contribution is 5.79. The van der Waals surface area contributed by atoms with Gasteiger partial charge in [-0.05, 0) is 26.7 Å². The van der Waals surface area contributed by atoms with Gasteiger partial charge in [0, 0.05) is 25.7 Å². The summed E-state index contributed by atoms with van der Waals surface area (Å²) in [6.45, 7) is 7.05. The number of carbonyl (C=O) groups is 2. The molecule has 2 atom stereocenters. The molecule has 6 nitrogen and oxygen atoms in total. The van der Waals surface area contributed by atoms with Crippen molar-refractivity contribution < 1.29 is 19.4 Å². The predicted octanol–water partition coefficient (Wildman–Crippen LogP) is 0.419. The van der Waals surface area contributed by atoms with Gasteiger partial charge in [0.15, 0.2) is 0 Å². The first kappa shape index (κ1) is 15.3. The second-order valence-corrected chi connectivity index (χ2v) is 5.92. The van der Waals surface area contributed by atoms with Crippen molar-refractivity contribution in [2.24, 2.45) is 5.92 Å². The molecule has 0 radical (unpaired) electrons. The lowest BCUT2D eigenvalue weighted by molar-refractivity contribution is -0.146. The first-order chi connectivity index (χ1) is 9.47. The molecule has 2 unspecified atom stereocenters. The Morgan fingerprint density at radius 3 is 2.50 bits per heavy atom. The van der Waals surface area contributed by atoms with Crippen LogP contribution in [0.25, 0.3) is 0 Å². The molecule has 114 valence electrons. The molecule has 0 spiro atoms. The number of rotatable bonds is 3. The Kier molecular flexibility index (Phi) is 4.99. The van der Waals surface area contributed by atoms with E-state index in [4.69, 9.17) is 9.84 Å². The number of likely N-dealkylation sites (tertiary alicyclic amines) is 1. The molecule has 2 rings (SSSR count). The number of carboxylic acid groups (broad SMARTS) is 1. The molecule has 6 heteroatoms. The zero-order valence-electron chi connectivity index (χ0n) is 12.2. The van der Waals surface area contributed by atoms with Crippen LogP contribution in [0, 0.1) is 5.92 Å². The molecule has 0 bridgehead atoms. The molecule has 2 heterocycles. The van der Waals surface area contributed by atoms with Gasteiger partial charge in [0.2, 0.25) is 5.91 Å². The lowest BCUT2D eigenvalue weighted by Crippen LogP contribution is -2.52. The van der Waals surface area contributed by atoms with Crippen LogP contribution in [-0.2, 0) is 14.3 Å². The molecule has 0 aromatic carbocycles. The van der Waals surface area contributed by atoms with Crippen molar-refractivity contribution >= 4 is 11.9 Å². The third-order valence-electron chi connectivity index (χ3n) is 4.27. The summed E-state index contributed by atoms with van der Waals surface area (Å²) in [5.74, 6) is -0.927. The van der Waals surface area contributed by atoms with E-state index in [0.29, 0.717) is 39.1 Å². The Balaban J connectivity index is 1.82. The monoisotopic (exact) mass is 284 g/mol. The lowest BCUT2D eigenvalue weighted by Gasteiger charge is -2.38. The number of hydrogen-bond donors (Lipinski definition) is 1. The van der Waals surface area contributed by atoms with E-state index in [-0.39, 0.29) is 24.0 Å². The van der Waals surface area contributed by atoms with Crippen molar-refractivity contribution in [3.63, 3.8) is 0 Å². The van der Waals surface area contributed by atoms with Gasteiger partial charge in [-0.1, -0.05) is 0 Å². The van der Waals surface area contributed by atoms with Crippen molar-refractivity contribution in [3.8, 4) is 0 Å². The summed E-state index contributed by atoms with van der Waals surface area (Å²) >= 11 is 0. The zero-order chi connectivity index (χ0) is 14.7. The molecule has 2 saturated heterocycles. The van der Waals surface area contributed by atoms with Crippen molar-refractivity contribution in [1.82, 2.24) is 9.80 Å². The molecule has 0 aromatic rings. The second kappa shape index (κ2) is 6.54. The molecule has 2 aliphatic rings. The van der Waals surface area contributed by atoms with Crippen molar-refractivity contribution in [2.45, 2.75) is 38.8 Å². The summed E-state index contributed by atoms with van der Waals surface area (Å²) in [5, 5.41) is 8.96. The normalized spacial score (nSPS) is 29.4. The predicted molar refractivity (Wildman–Crippen MR) is 73.4 cm³/mol. The Morgan fingerprint density at radius 2 is 1.90 bits per heavy atom. The van der Waals surface area contributed by atoms with E-state index in [9.17, 15) is 9.59 Å². The number of piperidine rings is 1. The van der Waals surface area contributed by atoms with Gasteiger partial charge in [-0.2, -0.15) is 0 Å². The van der Waals surface area contributed by atoms with Crippen LogP contribution in [-0.4, -0.2) is 71.7 Å². The summed E-state index contributed by atoms with van der Waals surface area (Å²) in [7, 11) is 0. The number of nitrogens with zero attached hydrogens (tertiary/aromatic N) is 2. The number of hydrogen-bond acceptors (Lipinski definition) is 4. The fourth-order valence-electron chi connectivity index (χ4n) is 2.84. The maximum absolute atomic E-state index is 12.3. The highest BCUT2D eigenvalue weighted by atomic mass is 16.5.